The van der Waals surface area contributed by atoms with Crippen molar-refractivity contribution in [2.45, 2.75) is 57.9 Å². The molecule has 0 bridgehead atoms. The Morgan fingerprint density at radius 3 is 2.13 bits per heavy atom. The van der Waals surface area contributed by atoms with E-state index in [1.54, 1.807) is 54.4 Å². The number of aryl methyl sites for hydroxylation is 2. The van der Waals surface area contributed by atoms with Crippen molar-refractivity contribution in [2.24, 2.45) is 0 Å². The van der Waals surface area contributed by atoms with Gasteiger partial charge >= 0.3 is 18.2 Å². The maximum Gasteiger partial charge on any atom is 0.427 e. The van der Waals surface area contributed by atoms with Gasteiger partial charge in [0.2, 0.25) is 5.60 Å². The molecule has 2 aliphatic heterocycles. The highest BCUT2D eigenvalue weighted by Gasteiger charge is 2.51. The first-order chi connectivity index (χ1) is 29.5. The lowest BCUT2D eigenvalue weighted by atomic mass is 10.0. The van der Waals surface area contributed by atoms with Crippen LogP contribution in [0.1, 0.15) is 83.3 Å². The number of nitrogens with one attached hydrogen (secondary N) is 2. The van der Waals surface area contributed by atoms with Crippen LogP contribution in [0.3, 0.4) is 0 Å². The van der Waals surface area contributed by atoms with E-state index in [0.29, 0.717) is 53.6 Å². The highest BCUT2D eigenvalue weighted by molar-refractivity contribution is 7.17. The van der Waals surface area contributed by atoms with Crippen molar-refractivity contribution in [3.8, 4) is 0 Å². The van der Waals surface area contributed by atoms with E-state index in [9.17, 15) is 37.1 Å². The van der Waals surface area contributed by atoms with E-state index in [0.717, 1.165) is 73.6 Å². The number of anilines is 2. The van der Waals surface area contributed by atoms with Crippen LogP contribution in [0.25, 0.3) is 0 Å². The van der Waals surface area contributed by atoms with Crippen molar-refractivity contribution >= 4 is 51.8 Å². The molecular weight excluding hydrogens is 828 g/mol. The molecule has 0 spiro atoms. The molecule has 0 saturated carbocycles. The van der Waals surface area contributed by atoms with Crippen molar-refractivity contribution in [2.75, 3.05) is 70.7 Å². The van der Waals surface area contributed by atoms with Crippen LogP contribution in [0.2, 0.25) is 0 Å². The van der Waals surface area contributed by atoms with Gasteiger partial charge in [0.15, 0.2) is 0 Å². The molecule has 4 amide bonds. The number of ether oxygens (including phenoxy) is 3. The summed E-state index contributed by atoms with van der Waals surface area (Å²) in [7, 11) is 3.04. The number of benzene rings is 3. The number of esters is 1. The Hall–Kier alpha value is -5.78. The summed E-state index contributed by atoms with van der Waals surface area (Å²) in [6.45, 7) is 5.38. The van der Waals surface area contributed by atoms with Crippen molar-refractivity contribution in [1.82, 2.24) is 14.7 Å². The van der Waals surface area contributed by atoms with Gasteiger partial charge in [-0.15, -0.1) is 11.3 Å². The van der Waals surface area contributed by atoms with Crippen molar-refractivity contribution in [3.05, 3.63) is 117 Å². The minimum absolute atomic E-state index is 0.0303. The number of carbonyl (C=O) groups is 5. The number of carbonyl (C=O) groups excluding carboxylic acids is 5. The first kappa shape index (κ1) is 45.7. The fourth-order valence-electron chi connectivity index (χ4n) is 7.01. The number of alkyl halides is 3. The molecular formula is C45H50F3N5O8S. The third kappa shape index (κ3) is 11.4. The lowest BCUT2D eigenvalue weighted by molar-refractivity contribution is -0.246. The average molecular weight is 878 g/mol. The van der Waals surface area contributed by atoms with E-state index in [1.807, 2.05) is 24.3 Å². The molecule has 0 radical (unpaired) electrons. The fraction of sp³-hybridized carbons (Fsp3) is 0.400. The van der Waals surface area contributed by atoms with Crippen LogP contribution in [0.15, 0.2) is 72.8 Å². The van der Waals surface area contributed by atoms with Crippen LogP contribution >= 0.6 is 11.3 Å². The molecule has 1 saturated heterocycles. The number of amides is 4. The molecule has 1 fully saturated rings. The van der Waals surface area contributed by atoms with E-state index in [1.165, 1.54) is 13.2 Å². The Morgan fingerprint density at radius 1 is 0.839 bits per heavy atom. The van der Waals surface area contributed by atoms with Crippen LogP contribution < -0.4 is 10.6 Å². The van der Waals surface area contributed by atoms with Gasteiger partial charge in [0.1, 0.15) is 5.00 Å². The van der Waals surface area contributed by atoms with Crippen LogP contribution in [0, 0.1) is 0 Å². The van der Waals surface area contributed by atoms with Crippen LogP contribution in [-0.2, 0) is 40.0 Å². The third-order valence-corrected chi connectivity index (χ3v) is 12.0. The van der Waals surface area contributed by atoms with Crippen LogP contribution in [0.4, 0.5) is 28.7 Å². The molecule has 0 aliphatic carbocycles. The quantitative estimate of drug-likeness (QED) is 0.123. The molecule has 3 heterocycles. The number of hydrogen-bond donors (Lipinski definition) is 2. The maximum atomic E-state index is 14.1. The summed E-state index contributed by atoms with van der Waals surface area (Å²) in [6, 6.07) is 20.9. The van der Waals surface area contributed by atoms with Gasteiger partial charge in [-0.05, 0) is 98.7 Å². The van der Waals surface area contributed by atoms with Gasteiger partial charge in [0.25, 0.3) is 17.7 Å². The van der Waals surface area contributed by atoms with E-state index in [-0.39, 0.29) is 47.5 Å². The number of nitrogens with zero attached hydrogens (tertiary/aromatic N) is 3. The van der Waals surface area contributed by atoms with Gasteiger partial charge < -0.3 is 34.6 Å². The number of halogens is 3. The molecule has 13 nitrogen and oxygen atoms in total. The smallest absolute Gasteiger partial charge is 0.427 e. The Morgan fingerprint density at radius 2 is 1.48 bits per heavy atom. The molecule has 0 unspecified atom stereocenters. The summed E-state index contributed by atoms with van der Waals surface area (Å²) in [5.74, 6) is -1.77. The lowest BCUT2D eigenvalue weighted by Crippen LogP contribution is -2.47. The monoisotopic (exact) mass is 877 g/mol. The predicted octanol–water partition coefficient (Wildman–Crippen LogP) is 7.45. The molecule has 6 rings (SSSR count). The number of thiophene rings is 1. The Balaban J connectivity index is 1.16. The van der Waals surface area contributed by atoms with Gasteiger partial charge in [-0.1, -0.05) is 30.3 Å². The molecule has 62 heavy (non-hydrogen) atoms. The van der Waals surface area contributed by atoms with Gasteiger partial charge in [0.05, 0.1) is 38.0 Å². The third-order valence-electron chi connectivity index (χ3n) is 10.9. The summed E-state index contributed by atoms with van der Waals surface area (Å²) in [6.07, 6.45) is -3.45. The van der Waals surface area contributed by atoms with Gasteiger partial charge in [-0.3, -0.25) is 19.3 Å². The molecule has 17 heteroatoms. The van der Waals surface area contributed by atoms with E-state index < -0.39 is 29.7 Å². The minimum atomic E-state index is -4.80. The van der Waals surface area contributed by atoms with E-state index in [4.69, 9.17) is 14.2 Å². The minimum Gasteiger partial charge on any atom is -0.465 e. The topological polar surface area (TPSA) is 147 Å². The largest absolute Gasteiger partial charge is 0.465 e. The summed E-state index contributed by atoms with van der Waals surface area (Å²) < 4.78 is 55.7. The highest BCUT2D eigenvalue weighted by atomic mass is 32.1. The molecule has 4 aromatic rings. The van der Waals surface area contributed by atoms with Crippen LogP contribution in [-0.4, -0.2) is 116 Å². The molecule has 330 valence electrons. The predicted molar refractivity (Wildman–Crippen MR) is 228 cm³/mol. The second-order valence-electron chi connectivity index (χ2n) is 15.7. The molecule has 2 aliphatic rings. The Bertz CT molecular complexity index is 2260. The average Bonchev–Trinajstić information content (AvgIpc) is 3.62. The standard InChI is InChI=1S/C45H50F3N5O8S/c1-44(2,45(46,47)48)61-43(58)53-20-19-35-36(28-53)62-40(50-38(54)32-9-6-10-33(27-32)41(56)51(3)21-22-52-23-25-60-26-24-52)37(35)39(55)49-34-17-13-30(14-18-34)8-5-7-29-11-15-31(16-12-29)42(57)59-4/h6,9-18,27H,5,7-8,19-26,28H2,1-4H3,(H,49,55)(H,50,54). The van der Waals surface area contributed by atoms with E-state index >= 15 is 0 Å². The number of rotatable bonds is 14. The summed E-state index contributed by atoms with van der Waals surface area (Å²) >= 11 is 1.04. The summed E-state index contributed by atoms with van der Waals surface area (Å²) in [5, 5.41) is 5.94. The number of likely N-dealkylation sites (N-methyl/N-ethyl adjacent to an activating group) is 1. The number of methoxy groups -OCH3 is 1. The highest BCUT2D eigenvalue weighted by Crippen LogP contribution is 2.39. The zero-order valence-corrected chi connectivity index (χ0v) is 35.9. The van der Waals surface area contributed by atoms with Crippen molar-refractivity contribution < 1.29 is 51.4 Å². The van der Waals surface area contributed by atoms with Crippen LogP contribution in [0.5, 0.6) is 0 Å². The summed E-state index contributed by atoms with van der Waals surface area (Å²) in [5.41, 5.74) is 1.56. The van der Waals surface area contributed by atoms with Gasteiger partial charge in [-0.25, -0.2) is 9.59 Å². The first-order valence-electron chi connectivity index (χ1n) is 20.3. The number of morpholine rings is 1. The second-order valence-corrected chi connectivity index (χ2v) is 16.8. The molecule has 2 N–H and O–H groups in total. The van der Waals surface area contributed by atoms with Crippen molar-refractivity contribution in [1.29, 1.82) is 0 Å². The van der Waals surface area contributed by atoms with E-state index in [2.05, 4.69) is 15.5 Å². The zero-order chi connectivity index (χ0) is 44.6. The first-order valence-corrected chi connectivity index (χ1v) is 21.1. The Kier molecular flexibility index (Phi) is 14.7. The number of fused-ring (bicyclic) bond motifs is 1. The number of hydrogen-bond acceptors (Lipinski definition) is 10. The van der Waals surface area contributed by atoms with Gasteiger partial charge in [0, 0.05) is 61.5 Å². The second kappa shape index (κ2) is 19.9. The molecule has 1 aromatic heterocycles. The SMILES string of the molecule is COC(=O)c1ccc(CCCc2ccc(NC(=O)c3c(NC(=O)c4cccc(C(=O)N(C)CCN5CCOCC5)c4)sc4c3CCN(C(=O)OC(C)(C)C(F)(F)F)C4)cc2)cc1. The zero-order valence-electron chi connectivity index (χ0n) is 35.1. The lowest BCUT2D eigenvalue weighted by Gasteiger charge is -2.32. The summed E-state index contributed by atoms with van der Waals surface area (Å²) in [4.78, 5) is 71.5. The normalized spacial score (nSPS) is 14.4. The molecule has 0 atom stereocenters. The Labute approximate surface area is 362 Å². The maximum absolute atomic E-state index is 14.1. The fourth-order valence-corrected chi connectivity index (χ4v) is 8.26. The van der Waals surface area contributed by atoms with Gasteiger partial charge in [-0.2, -0.15) is 13.2 Å². The molecule has 3 aromatic carbocycles. The van der Waals surface area contributed by atoms with Crippen molar-refractivity contribution in [3.63, 3.8) is 0 Å².